The molecule has 1 atom stereocenters. The van der Waals surface area contributed by atoms with Crippen LogP contribution in [0.15, 0.2) is 12.1 Å². The molecule has 1 saturated carbocycles. The Morgan fingerprint density at radius 1 is 1.41 bits per heavy atom. The lowest BCUT2D eigenvalue weighted by molar-refractivity contribution is 0.0882. The second-order valence-electron chi connectivity index (χ2n) is 4.40. The summed E-state index contributed by atoms with van der Waals surface area (Å²) in [6, 6.07) is 4.48. The number of rotatable bonds is 7. The van der Waals surface area contributed by atoms with Gasteiger partial charge >= 0.3 is 0 Å². The van der Waals surface area contributed by atoms with E-state index in [0.717, 1.165) is 12.2 Å². The maximum Gasteiger partial charge on any atom is 0.233 e. The maximum absolute atomic E-state index is 5.53. The summed E-state index contributed by atoms with van der Waals surface area (Å²) < 4.78 is 10.5. The third-order valence-electron chi connectivity index (χ3n) is 2.57. The highest BCUT2D eigenvalue weighted by molar-refractivity contribution is 5.11. The van der Waals surface area contributed by atoms with E-state index in [2.05, 4.69) is 15.5 Å². The molecule has 0 radical (unpaired) electrons. The molecule has 1 aromatic heterocycles. The van der Waals surface area contributed by atoms with E-state index in [4.69, 9.17) is 9.47 Å². The van der Waals surface area contributed by atoms with Gasteiger partial charge in [-0.05, 0) is 25.8 Å². The number of ether oxygens (including phenoxy) is 2. The lowest BCUT2D eigenvalue weighted by Gasteiger charge is -2.12. The van der Waals surface area contributed by atoms with E-state index in [1.165, 1.54) is 12.8 Å². The molecule has 0 amide bonds. The number of nitrogens with one attached hydrogen (secondary N) is 1. The van der Waals surface area contributed by atoms with Crippen LogP contribution in [0.3, 0.4) is 0 Å². The van der Waals surface area contributed by atoms with Crippen molar-refractivity contribution in [1.82, 2.24) is 15.5 Å². The average molecular weight is 237 g/mol. The van der Waals surface area contributed by atoms with Crippen LogP contribution in [-0.2, 0) is 11.3 Å². The van der Waals surface area contributed by atoms with Crippen molar-refractivity contribution in [1.29, 1.82) is 0 Å². The van der Waals surface area contributed by atoms with E-state index >= 15 is 0 Å². The first kappa shape index (κ1) is 12.3. The molecule has 1 unspecified atom stereocenters. The predicted octanol–water partition coefficient (Wildman–Crippen LogP) is 1.14. The van der Waals surface area contributed by atoms with Gasteiger partial charge in [-0.1, -0.05) is 0 Å². The first-order valence-electron chi connectivity index (χ1n) is 5.99. The second-order valence-corrected chi connectivity index (χ2v) is 4.40. The second kappa shape index (κ2) is 5.93. The molecule has 0 bridgehead atoms. The highest BCUT2D eigenvalue weighted by Gasteiger charge is 2.20. The molecular formula is C12H19N3O2. The van der Waals surface area contributed by atoms with Gasteiger partial charge in [0, 0.05) is 25.8 Å². The van der Waals surface area contributed by atoms with Gasteiger partial charge in [-0.3, -0.25) is 0 Å². The number of aromatic nitrogens is 2. The van der Waals surface area contributed by atoms with Gasteiger partial charge in [0.1, 0.15) is 6.10 Å². The van der Waals surface area contributed by atoms with E-state index in [1.54, 1.807) is 7.11 Å². The minimum absolute atomic E-state index is 0.00950. The molecule has 1 aliphatic carbocycles. The monoisotopic (exact) mass is 237 g/mol. The quantitative estimate of drug-likeness (QED) is 0.770. The summed E-state index contributed by atoms with van der Waals surface area (Å²) in [6.45, 7) is 3.27. The lowest BCUT2D eigenvalue weighted by Crippen LogP contribution is -2.19. The fraction of sp³-hybridized carbons (Fsp3) is 0.667. The van der Waals surface area contributed by atoms with Gasteiger partial charge in [-0.15, -0.1) is 5.10 Å². The van der Waals surface area contributed by atoms with Crippen LogP contribution < -0.4 is 10.1 Å². The first-order valence-corrected chi connectivity index (χ1v) is 5.99. The number of methoxy groups -OCH3 is 1. The van der Waals surface area contributed by atoms with Crippen LogP contribution in [0.1, 0.15) is 25.5 Å². The topological polar surface area (TPSA) is 56.3 Å². The van der Waals surface area contributed by atoms with Crippen molar-refractivity contribution in [2.75, 3.05) is 13.7 Å². The summed E-state index contributed by atoms with van der Waals surface area (Å²) in [5, 5.41) is 11.5. The van der Waals surface area contributed by atoms with Crippen LogP contribution >= 0.6 is 0 Å². The molecule has 2 rings (SSSR count). The van der Waals surface area contributed by atoms with Crippen molar-refractivity contribution in [3.8, 4) is 5.88 Å². The third kappa shape index (κ3) is 4.28. The Bertz CT molecular complexity index is 338. The van der Waals surface area contributed by atoms with Crippen LogP contribution in [0.25, 0.3) is 0 Å². The Balaban J connectivity index is 1.79. The number of nitrogens with zero attached hydrogens (tertiary/aromatic N) is 2. The highest BCUT2D eigenvalue weighted by atomic mass is 16.5. The standard InChI is InChI=1S/C12H19N3O2/c1-9(8-16-2)17-12-6-5-11(14-15-12)7-13-10-3-4-10/h5-6,9-10,13H,3-4,7-8H2,1-2H3. The number of hydrogen-bond donors (Lipinski definition) is 1. The Morgan fingerprint density at radius 2 is 2.24 bits per heavy atom. The van der Waals surface area contributed by atoms with Crippen LogP contribution in [0, 0.1) is 0 Å². The zero-order valence-corrected chi connectivity index (χ0v) is 10.3. The fourth-order valence-corrected chi connectivity index (χ4v) is 1.52. The van der Waals surface area contributed by atoms with E-state index in [1.807, 2.05) is 19.1 Å². The average Bonchev–Trinajstić information content (AvgIpc) is 3.12. The molecule has 1 aliphatic rings. The molecule has 0 aromatic carbocycles. The van der Waals surface area contributed by atoms with Crippen molar-refractivity contribution < 1.29 is 9.47 Å². The van der Waals surface area contributed by atoms with Crippen molar-refractivity contribution in [2.45, 2.75) is 38.5 Å². The van der Waals surface area contributed by atoms with Crippen LogP contribution in [0.4, 0.5) is 0 Å². The van der Waals surface area contributed by atoms with E-state index < -0.39 is 0 Å². The summed E-state index contributed by atoms with van der Waals surface area (Å²) in [5.74, 6) is 0.546. The summed E-state index contributed by atoms with van der Waals surface area (Å²) in [7, 11) is 1.65. The van der Waals surface area contributed by atoms with Gasteiger partial charge in [0.25, 0.3) is 0 Å². The Labute approximate surface area is 102 Å². The van der Waals surface area contributed by atoms with Gasteiger partial charge < -0.3 is 14.8 Å². The smallest absolute Gasteiger partial charge is 0.233 e. The van der Waals surface area contributed by atoms with Crippen molar-refractivity contribution in [3.05, 3.63) is 17.8 Å². The molecule has 17 heavy (non-hydrogen) atoms. The van der Waals surface area contributed by atoms with Crippen molar-refractivity contribution in [2.24, 2.45) is 0 Å². The maximum atomic E-state index is 5.53. The van der Waals surface area contributed by atoms with Crippen molar-refractivity contribution in [3.63, 3.8) is 0 Å². The van der Waals surface area contributed by atoms with Gasteiger partial charge in [-0.2, -0.15) is 5.10 Å². The largest absolute Gasteiger partial charge is 0.471 e. The van der Waals surface area contributed by atoms with E-state index in [9.17, 15) is 0 Å². The summed E-state index contributed by atoms with van der Waals surface area (Å²) in [4.78, 5) is 0. The van der Waals surface area contributed by atoms with Crippen LogP contribution in [0.5, 0.6) is 5.88 Å². The predicted molar refractivity (Wildman–Crippen MR) is 63.9 cm³/mol. The Morgan fingerprint density at radius 3 is 2.82 bits per heavy atom. The zero-order valence-electron chi connectivity index (χ0n) is 10.3. The molecule has 94 valence electrons. The fourth-order valence-electron chi connectivity index (χ4n) is 1.52. The molecule has 0 aliphatic heterocycles. The summed E-state index contributed by atoms with van der Waals surface area (Å²) in [6.07, 6.45) is 2.55. The number of hydrogen-bond acceptors (Lipinski definition) is 5. The van der Waals surface area contributed by atoms with Gasteiger partial charge in [-0.25, -0.2) is 0 Å². The van der Waals surface area contributed by atoms with Gasteiger partial charge in [0.05, 0.1) is 12.3 Å². The molecule has 5 nitrogen and oxygen atoms in total. The molecule has 0 spiro atoms. The molecular weight excluding hydrogens is 218 g/mol. The lowest BCUT2D eigenvalue weighted by atomic mass is 10.4. The van der Waals surface area contributed by atoms with Gasteiger partial charge in [0.15, 0.2) is 0 Å². The Hall–Kier alpha value is -1.20. The van der Waals surface area contributed by atoms with Gasteiger partial charge in [0.2, 0.25) is 5.88 Å². The van der Waals surface area contributed by atoms with E-state index in [0.29, 0.717) is 18.5 Å². The molecule has 1 heterocycles. The molecule has 0 saturated heterocycles. The van der Waals surface area contributed by atoms with Crippen molar-refractivity contribution >= 4 is 0 Å². The Kier molecular flexibility index (Phi) is 4.28. The summed E-state index contributed by atoms with van der Waals surface area (Å²) in [5.41, 5.74) is 0.948. The SMILES string of the molecule is COCC(C)Oc1ccc(CNC2CC2)nn1. The minimum Gasteiger partial charge on any atom is -0.471 e. The third-order valence-corrected chi connectivity index (χ3v) is 2.57. The first-order chi connectivity index (χ1) is 8.28. The molecule has 1 N–H and O–H groups in total. The minimum atomic E-state index is -0.00950. The zero-order chi connectivity index (χ0) is 12.1. The molecule has 1 aromatic rings. The molecule has 1 fully saturated rings. The summed E-state index contributed by atoms with van der Waals surface area (Å²) >= 11 is 0. The van der Waals surface area contributed by atoms with E-state index in [-0.39, 0.29) is 6.10 Å². The van der Waals surface area contributed by atoms with Crippen LogP contribution in [0.2, 0.25) is 0 Å². The normalized spacial score (nSPS) is 16.8. The highest BCUT2D eigenvalue weighted by Crippen LogP contribution is 2.19. The van der Waals surface area contributed by atoms with Crippen LogP contribution in [-0.4, -0.2) is 36.1 Å². The molecule has 5 heteroatoms.